The number of hydrogen-bond acceptors (Lipinski definition) is 3. The molecule has 0 saturated heterocycles. The van der Waals surface area contributed by atoms with E-state index in [1.54, 1.807) is 0 Å². The molecule has 0 fully saturated rings. The fourth-order valence-corrected chi connectivity index (χ4v) is 3.65. The van der Waals surface area contributed by atoms with Gasteiger partial charge in [-0.05, 0) is 36.5 Å². The number of rotatable bonds is 7. The van der Waals surface area contributed by atoms with Crippen LogP contribution in [0, 0.1) is 0 Å². The van der Waals surface area contributed by atoms with Crippen LogP contribution in [0.2, 0.25) is 0 Å². The van der Waals surface area contributed by atoms with Gasteiger partial charge in [-0.25, -0.2) is 4.79 Å². The van der Waals surface area contributed by atoms with Crippen LogP contribution in [0.15, 0.2) is 75.9 Å². The van der Waals surface area contributed by atoms with E-state index < -0.39 is 5.63 Å². The van der Waals surface area contributed by atoms with Crippen LogP contribution in [0.3, 0.4) is 0 Å². The molecule has 2 aromatic carbocycles. The van der Waals surface area contributed by atoms with E-state index in [-0.39, 0.29) is 52.7 Å². The van der Waals surface area contributed by atoms with E-state index in [1.807, 2.05) is 62.4 Å². The summed E-state index contributed by atoms with van der Waals surface area (Å²) in [5, 5.41) is 12.8. The van der Waals surface area contributed by atoms with Crippen molar-refractivity contribution in [2.45, 2.75) is 44.9 Å². The van der Waals surface area contributed by atoms with Crippen molar-refractivity contribution < 1.29 is 39.1 Å². The molecule has 1 heterocycles. The molecule has 28 heavy (non-hydrogen) atoms. The molecule has 0 spiro atoms. The Morgan fingerprint density at radius 2 is 1.54 bits per heavy atom. The Kier molecular flexibility index (Phi) is 8.56. The molecule has 0 radical (unpaired) electrons. The Bertz CT molecular complexity index is 920. The summed E-state index contributed by atoms with van der Waals surface area (Å²) in [7, 11) is 0. The van der Waals surface area contributed by atoms with Crippen LogP contribution in [0.1, 0.15) is 61.0 Å². The molecule has 2 unspecified atom stereocenters. The number of hydrogen-bond donors (Lipinski definition) is 0. The summed E-state index contributed by atoms with van der Waals surface area (Å²) >= 11 is 0. The molecule has 0 aliphatic heterocycles. The van der Waals surface area contributed by atoms with E-state index >= 15 is 0 Å². The second kappa shape index (κ2) is 10.7. The summed E-state index contributed by atoms with van der Waals surface area (Å²) in [4.78, 5) is 12.7. The van der Waals surface area contributed by atoms with Crippen LogP contribution in [0.4, 0.5) is 0 Å². The van der Waals surface area contributed by atoms with Crippen LogP contribution in [0.25, 0.3) is 0 Å². The van der Waals surface area contributed by atoms with Gasteiger partial charge in [0, 0.05) is 17.4 Å². The molecule has 0 aliphatic carbocycles. The summed E-state index contributed by atoms with van der Waals surface area (Å²) in [5.41, 5.74) is 1.87. The molecule has 140 valence electrons. The van der Waals surface area contributed by atoms with E-state index in [1.165, 1.54) is 11.6 Å². The summed E-state index contributed by atoms with van der Waals surface area (Å²) in [6, 6.07) is 21.3. The van der Waals surface area contributed by atoms with Gasteiger partial charge in [0.2, 0.25) is 0 Å². The summed E-state index contributed by atoms with van der Waals surface area (Å²) in [5.74, 6) is 0.0448. The smallest absolute Gasteiger partial charge is 0.872 e. The molecule has 0 N–H and O–H groups in total. The van der Waals surface area contributed by atoms with Gasteiger partial charge in [0.15, 0.2) is 0 Å². The van der Waals surface area contributed by atoms with Crippen LogP contribution in [0.5, 0.6) is 5.75 Å². The predicted octanol–water partition coefficient (Wildman–Crippen LogP) is 2.00. The van der Waals surface area contributed by atoms with Gasteiger partial charge in [0.25, 0.3) is 0 Å². The zero-order valence-electron chi connectivity index (χ0n) is 16.9. The first-order valence-electron chi connectivity index (χ1n) is 9.57. The minimum Gasteiger partial charge on any atom is -0.872 e. The largest absolute Gasteiger partial charge is 1.00 e. The maximum absolute atomic E-state index is 12.8. The SMILES string of the molecule is CCC(Cc1ccccc1)c1cc([O-])c(C(CC)c2ccccc2)c(=O)o1.[Na+]. The van der Waals surface area contributed by atoms with Crippen molar-refractivity contribution in [3.05, 3.63) is 99.6 Å². The molecule has 3 nitrogen and oxygen atoms in total. The average Bonchev–Trinajstić information content (AvgIpc) is 2.70. The second-order valence-corrected chi connectivity index (χ2v) is 6.88. The molecule has 4 heteroatoms. The summed E-state index contributed by atoms with van der Waals surface area (Å²) in [6.45, 7) is 4.03. The van der Waals surface area contributed by atoms with Crippen molar-refractivity contribution in [1.82, 2.24) is 0 Å². The third kappa shape index (κ3) is 5.16. The molecular formula is C24H25NaO3. The first-order chi connectivity index (χ1) is 13.1. The Hall–Kier alpha value is -1.81. The van der Waals surface area contributed by atoms with Crippen molar-refractivity contribution in [2.75, 3.05) is 0 Å². The topological polar surface area (TPSA) is 53.3 Å². The molecular weight excluding hydrogens is 359 g/mol. The second-order valence-electron chi connectivity index (χ2n) is 6.88. The van der Waals surface area contributed by atoms with Gasteiger partial charge in [-0.1, -0.05) is 80.3 Å². The Morgan fingerprint density at radius 3 is 2.07 bits per heavy atom. The Balaban J connectivity index is 0.00000280. The van der Waals surface area contributed by atoms with Gasteiger partial charge in [-0.2, -0.15) is 0 Å². The summed E-state index contributed by atoms with van der Waals surface area (Å²) < 4.78 is 5.66. The molecule has 1 aromatic heterocycles. The minimum atomic E-state index is -0.500. The normalized spacial score (nSPS) is 12.8. The van der Waals surface area contributed by atoms with Crippen LogP contribution < -0.4 is 40.3 Å². The molecule has 0 bridgehead atoms. The quantitative estimate of drug-likeness (QED) is 0.586. The van der Waals surface area contributed by atoms with Gasteiger partial charge < -0.3 is 9.52 Å². The monoisotopic (exact) mass is 384 g/mol. The standard InChI is InChI=1S/C24H26O3.Na/c1-3-18(15-17-11-7-5-8-12-17)22-16-21(25)23(24(26)27-22)20(4-2)19-13-9-6-10-14-19;/h5-14,16,18,20,25H,3-4,15H2,1-2H3;/q;+1/p-1. The van der Waals surface area contributed by atoms with Gasteiger partial charge in [-0.3, -0.25) is 0 Å². The van der Waals surface area contributed by atoms with E-state index in [2.05, 4.69) is 12.1 Å². The van der Waals surface area contributed by atoms with E-state index in [9.17, 15) is 9.90 Å². The van der Waals surface area contributed by atoms with E-state index in [0.29, 0.717) is 12.2 Å². The molecule has 3 rings (SSSR count). The zero-order chi connectivity index (χ0) is 19.2. The zero-order valence-corrected chi connectivity index (χ0v) is 18.9. The van der Waals surface area contributed by atoms with Crippen LogP contribution in [-0.2, 0) is 6.42 Å². The summed E-state index contributed by atoms with van der Waals surface area (Å²) in [6.07, 6.45) is 2.21. The average molecular weight is 384 g/mol. The van der Waals surface area contributed by atoms with Gasteiger partial charge in [-0.15, -0.1) is 0 Å². The first-order valence-corrected chi connectivity index (χ1v) is 9.57. The Morgan fingerprint density at radius 1 is 0.929 bits per heavy atom. The van der Waals surface area contributed by atoms with Crippen LogP contribution >= 0.6 is 0 Å². The third-order valence-corrected chi connectivity index (χ3v) is 5.15. The van der Waals surface area contributed by atoms with Crippen molar-refractivity contribution >= 4 is 0 Å². The van der Waals surface area contributed by atoms with Crippen molar-refractivity contribution in [1.29, 1.82) is 0 Å². The van der Waals surface area contributed by atoms with Crippen LogP contribution in [-0.4, -0.2) is 0 Å². The molecule has 0 amide bonds. The van der Waals surface area contributed by atoms with Gasteiger partial charge in [0.1, 0.15) is 5.76 Å². The molecule has 3 aromatic rings. The molecule has 0 aliphatic rings. The first kappa shape index (κ1) is 22.5. The van der Waals surface area contributed by atoms with E-state index in [4.69, 9.17) is 4.42 Å². The van der Waals surface area contributed by atoms with Crippen molar-refractivity contribution in [2.24, 2.45) is 0 Å². The fraction of sp³-hybridized carbons (Fsp3) is 0.292. The molecule has 0 saturated carbocycles. The predicted molar refractivity (Wildman–Crippen MR) is 106 cm³/mol. The van der Waals surface area contributed by atoms with Gasteiger partial charge in [0.05, 0.1) is 0 Å². The fourth-order valence-electron chi connectivity index (χ4n) is 3.65. The van der Waals surface area contributed by atoms with Gasteiger partial charge >= 0.3 is 35.2 Å². The maximum Gasteiger partial charge on any atom is 1.00 e. The Labute approximate surface area is 188 Å². The van der Waals surface area contributed by atoms with Crippen molar-refractivity contribution in [3.8, 4) is 5.75 Å². The van der Waals surface area contributed by atoms with E-state index in [0.717, 1.165) is 18.4 Å². The number of benzene rings is 2. The minimum absolute atomic E-state index is 0. The third-order valence-electron chi connectivity index (χ3n) is 5.15. The molecule has 2 atom stereocenters. The van der Waals surface area contributed by atoms with Crippen molar-refractivity contribution in [3.63, 3.8) is 0 Å². The maximum atomic E-state index is 12.8.